The van der Waals surface area contributed by atoms with Gasteiger partial charge in [0.2, 0.25) is 0 Å². The van der Waals surface area contributed by atoms with Gasteiger partial charge in [0, 0.05) is 41.7 Å². The topological polar surface area (TPSA) is 61.9 Å². The first-order valence-electron chi connectivity index (χ1n) is 12.6. The molecule has 1 fully saturated rings. The van der Waals surface area contributed by atoms with Crippen LogP contribution in [0.4, 0.5) is 24.5 Å². The summed E-state index contributed by atoms with van der Waals surface area (Å²) in [5, 5.41) is 2.96. The standard InChI is InChI=1S/C29H28F3N3O3S/c1-28(27(37)33-22-10-12-23(13-11-22)34-14-16-38-17-15-34)19-39-25-5-3-2-4-24(25)26(36)35(28)18-20-6-8-21(9-7-20)29(30,31)32/h2-13H,14-19H2,1H3,(H,33,37)/t28-/m0/s1. The van der Waals surface area contributed by atoms with Crippen LogP contribution in [0, 0.1) is 0 Å². The average Bonchev–Trinajstić information content (AvgIpc) is 3.05. The maximum absolute atomic E-state index is 13.8. The van der Waals surface area contributed by atoms with E-state index in [1.807, 2.05) is 36.4 Å². The lowest BCUT2D eigenvalue weighted by Gasteiger charge is -2.38. The van der Waals surface area contributed by atoms with Crippen molar-refractivity contribution in [2.45, 2.75) is 30.1 Å². The van der Waals surface area contributed by atoms with Crippen molar-refractivity contribution in [2.75, 3.05) is 42.3 Å². The summed E-state index contributed by atoms with van der Waals surface area (Å²) in [6, 6.07) is 19.3. The molecule has 2 aliphatic heterocycles. The molecular weight excluding hydrogens is 527 g/mol. The molecule has 39 heavy (non-hydrogen) atoms. The molecule has 0 aliphatic carbocycles. The van der Waals surface area contributed by atoms with E-state index in [2.05, 4.69) is 10.2 Å². The molecule has 6 nitrogen and oxygen atoms in total. The predicted octanol–water partition coefficient (Wildman–Crippen LogP) is 5.69. The molecule has 1 atom stereocenters. The minimum atomic E-state index is -4.46. The fourth-order valence-electron chi connectivity index (χ4n) is 4.69. The van der Waals surface area contributed by atoms with Gasteiger partial charge in [-0.2, -0.15) is 13.2 Å². The van der Waals surface area contributed by atoms with Gasteiger partial charge in [0.1, 0.15) is 5.54 Å². The molecule has 1 saturated heterocycles. The molecular formula is C29H28F3N3O3S. The molecule has 204 valence electrons. The van der Waals surface area contributed by atoms with Gasteiger partial charge in [-0.25, -0.2) is 0 Å². The number of hydrogen-bond donors (Lipinski definition) is 1. The van der Waals surface area contributed by atoms with Gasteiger partial charge in [0.05, 0.1) is 24.3 Å². The lowest BCUT2D eigenvalue weighted by molar-refractivity contribution is -0.137. The molecule has 1 N–H and O–H groups in total. The van der Waals surface area contributed by atoms with Gasteiger partial charge in [-0.3, -0.25) is 9.59 Å². The van der Waals surface area contributed by atoms with Gasteiger partial charge in [-0.15, -0.1) is 11.8 Å². The lowest BCUT2D eigenvalue weighted by atomic mass is 9.97. The molecule has 2 heterocycles. The third-order valence-corrected chi connectivity index (χ3v) is 8.45. The summed E-state index contributed by atoms with van der Waals surface area (Å²) in [4.78, 5) is 32.0. The van der Waals surface area contributed by atoms with Crippen LogP contribution in [-0.4, -0.2) is 54.3 Å². The Hall–Kier alpha value is -3.50. The van der Waals surface area contributed by atoms with E-state index in [-0.39, 0.29) is 24.1 Å². The number of rotatable bonds is 5. The molecule has 0 saturated carbocycles. The number of alkyl halides is 3. The normalized spacial score (nSPS) is 19.8. The van der Waals surface area contributed by atoms with Crippen LogP contribution in [0.2, 0.25) is 0 Å². The van der Waals surface area contributed by atoms with Gasteiger partial charge in [-0.1, -0.05) is 24.3 Å². The van der Waals surface area contributed by atoms with E-state index in [0.29, 0.717) is 30.0 Å². The fourth-order valence-corrected chi connectivity index (χ4v) is 5.90. The summed E-state index contributed by atoms with van der Waals surface area (Å²) >= 11 is 1.41. The Labute approximate surface area is 229 Å². The predicted molar refractivity (Wildman–Crippen MR) is 145 cm³/mol. The summed E-state index contributed by atoms with van der Waals surface area (Å²) in [5.41, 5.74) is 0.520. The Bertz CT molecular complexity index is 1340. The van der Waals surface area contributed by atoms with E-state index in [1.165, 1.54) is 28.8 Å². The Morgan fingerprint density at radius 3 is 2.33 bits per heavy atom. The van der Waals surface area contributed by atoms with E-state index >= 15 is 0 Å². The number of nitrogens with one attached hydrogen (secondary N) is 1. The van der Waals surface area contributed by atoms with Crippen molar-refractivity contribution in [3.63, 3.8) is 0 Å². The van der Waals surface area contributed by atoms with Crippen LogP contribution in [0.15, 0.2) is 77.7 Å². The zero-order valence-corrected chi connectivity index (χ0v) is 22.1. The number of amides is 2. The van der Waals surface area contributed by atoms with Crippen LogP contribution in [0.5, 0.6) is 0 Å². The maximum Gasteiger partial charge on any atom is 0.416 e. The maximum atomic E-state index is 13.8. The quantitative estimate of drug-likeness (QED) is 0.439. The summed E-state index contributed by atoms with van der Waals surface area (Å²) in [5.74, 6) is -0.452. The number of anilines is 2. The Balaban J connectivity index is 1.41. The van der Waals surface area contributed by atoms with Gasteiger partial charge < -0.3 is 19.9 Å². The van der Waals surface area contributed by atoms with Crippen molar-refractivity contribution in [3.8, 4) is 0 Å². The van der Waals surface area contributed by atoms with E-state index in [9.17, 15) is 22.8 Å². The fraction of sp³-hybridized carbons (Fsp3) is 0.310. The second kappa shape index (κ2) is 10.9. The number of halogens is 3. The number of hydrogen-bond acceptors (Lipinski definition) is 5. The van der Waals surface area contributed by atoms with Crippen molar-refractivity contribution < 1.29 is 27.5 Å². The molecule has 2 amide bonds. The Morgan fingerprint density at radius 2 is 1.67 bits per heavy atom. The monoisotopic (exact) mass is 555 g/mol. The number of nitrogens with zero attached hydrogens (tertiary/aromatic N) is 2. The molecule has 5 rings (SSSR count). The zero-order valence-electron chi connectivity index (χ0n) is 21.3. The first-order valence-corrected chi connectivity index (χ1v) is 13.6. The van der Waals surface area contributed by atoms with Crippen molar-refractivity contribution in [1.29, 1.82) is 0 Å². The van der Waals surface area contributed by atoms with Crippen molar-refractivity contribution >= 4 is 35.0 Å². The minimum absolute atomic E-state index is 0.0221. The van der Waals surface area contributed by atoms with Crippen LogP contribution in [0.1, 0.15) is 28.4 Å². The lowest BCUT2D eigenvalue weighted by Crippen LogP contribution is -2.57. The van der Waals surface area contributed by atoms with Crippen molar-refractivity contribution in [3.05, 3.63) is 89.5 Å². The van der Waals surface area contributed by atoms with Crippen molar-refractivity contribution in [1.82, 2.24) is 4.90 Å². The number of carbonyl (C=O) groups is 2. The summed E-state index contributed by atoms with van der Waals surface area (Å²) in [6.07, 6.45) is -4.46. The first-order chi connectivity index (χ1) is 18.6. The van der Waals surface area contributed by atoms with Gasteiger partial charge in [0.15, 0.2) is 0 Å². The molecule has 0 spiro atoms. The number of fused-ring (bicyclic) bond motifs is 1. The largest absolute Gasteiger partial charge is 0.416 e. The SMILES string of the molecule is C[C@@]1(C(=O)Nc2ccc(N3CCOCC3)cc2)CSc2ccccc2C(=O)N1Cc1ccc(C(F)(F)F)cc1. The highest BCUT2D eigenvalue weighted by molar-refractivity contribution is 7.99. The highest BCUT2D eigenvalue weighted by atomic mass is 32.2. The molecule has 0 unspecified atom stereocenters. The highest BCUT2D eigenvalue weighted by Crippen LogP contribution is 2.37. The summed E-state index contributed by atoms with van der Waals surface area (Å²) < 4.78 is 44.7. The number of ether oxygens (including phenoxy) is 1. The van der Waals surface area contributed by atoms with Crippen LogP contribution in [0.25, 0.3) is 0 Å². The van der Waals surface area contributed by atoms with Crippen LogP contribution in [-0.2, 0) is 22.3 Å². The van der Waals surface area contributed by atoms with Gasteiger partial charge >= 0.3 is 6.18 Å². The third kappa shape index (κ3) is 5.77. The number of carbonyl (C=O) groups excluding carboxylic acids is 2. The molecule has 0 aromatic heterocycles. The van der Waals surface area contributed by atoms with E-state index in [0.717, 1.165) is 35.8 Å². The third-order valence-electron chi connectivity index (χ3n) is 7.08. The van der Waals surface area contributed by atoms with E-state index < -0.39 is 17.3 Å². The van der Waals surface area contributed by atoms with Crippen LogP contribution >= 0.6 is 11.8 Å². The highest BCUT2D eigenvalue weighted by Gasteiger charge is 2.45. The number of thioether (sulfide) groups is 1. The average molecular weight is 556 g/mol. The molecule has 2 aliphatic rings. The smallest absolute Gasteiger partial charge is 0.378 e. The van der Waals surface area contributed by atoms with E-state index in [1.54, 1.807) is 19.1 Å². The summed E-state index contributed by atoms with van der Waals surface area (Å²) in [6.45, 7) is 4.60. The molecule has 0 bridgehead atoms. The zero-order chi connectivity index (χ0) is 27.6. The van der Waals surface area contributed by atoms with Gasteiger partial charge in [0.25, 0.3) is 11.8 Å². The Morgan fingerprint density at radius 1 is 1.00 bits per heavy atom. The second-order valence-electron chi connectivity index (χ2n) is 9.75. The second-order valence-corrected chi connectivity index (χ2v) is 10.8. The van der Waals surface area contributed by atoms with E-state index in [4.69, 9.17) is 4.74 Å². The van der Waals surface area contributed by atoms with Crippen LogP contribution in [0.3, 0.4) is 0 Å². The van der Waals surface area contributed by atoms with Crippen LogP contribution < -0.4 is 10.2 Å². The minimum Gasteiger partial charge on any atom is -0.378 e. The Kier molecular flexibility index (Phi) is 7.59. The summed E-state index contributed by atoms with van der Waals surface area (Å²) in [7, 11) is 0. The number of morpholine rings is 1. The number of benzene rings is 3. The molecule has 0 radical (unpaired) electrons. The first kappa shape index (κ1) is 27.1. The molecule has 3 aromatic rings. The van der Waals surface area contributed by atoms with Gasteiger partial charge in [-0.05, 0) is 61.0 Å². The van der Waals surface area contributed by atoms with Crippen molar-refractivity contribution in [2.24, 2.45) is 0 Å². The molecule has 10 heteroatoms. The molecule has 3 aromatic carbocycles.